The lowest BCUT2D eigenvalue weighted by atomic mass is 10.1. The van der Waals surface area contributed by atoms with Gasteiger partial charge in [0.15, 0.2) is 6.29 Å². The van der Waals surface area contributed by atoms with Crippen molar-refractivity contribution < 1.29 is 9.59 Å². The van der Waals surface area contributed by atoms with Crippen molar-refractivity contribution in [2.24, 2.45) is 0 Å². The second kappa shape index (κ2) is 3.51. The number of aromatic nitrogens is 1. The largest absolute Gasteiger partial charge is 0.350 e. The third kappa shape index (κ3) is 1.55. The van der Waals surface area contributed by atoms with Crippen LogP contribution in [0, 0.1) is 6.92 Å². The number of nitrogens with one attached hydrogen (secondary N) is 1. The lowest BCUT2D eigenvalue weighted by Gasteiger charge is -1.92. The van der Waals surface area contributed by atoms with Crippen LogP contribution in [0.5, 0.6) is 0 Å². The van der Waals surface area contributed by atoms with Crippen LogP contribution in [-0.2, 0) is 0 Å². The van der Waals surface area contributed by atoms with E-state index in [1.807, 2.05) is 25.1 Å². The lowest BCUT2D eigenvalue weighted by Crippen LogP contribution is -1.93. The van der Waals surface area contributed by atoms with Crippen LogP contribution in [0.4, 0.5) is 0 Å². The molecule has 0 aliphatic rings. The first-order valence-electron chi connectivity index (χ1n) is 4.41. The van der Waals surface area contributed by atoms with Crippen molar-refractivity contribution in [2.75, 3.05) is 0 Å². The Kier molecular flexibility index (Phi) is 2.32. The van der Waals surface area contributed by atoms with E-state index in [1.54, 1.807) is 0 Å². The predicted octanol–water partition coefficient (Wildman–Crippen LogP) is 2.67. The van der Waals surface area contributed by atoms with Crippen LogP contribution in [0.15, 0.2) is 18.2 Å². The van der Waals surface area contributed by atoms with E-state index in [4.69, 9.17) is 11.6 Å². The quantitative estimate of drug-likeness (QED) is 0.626. The molecule has 0 aliphatic carbocycles. The Balaban J connectivity index is 2.85. The highest BCUT2D eigenvalue weighted by Crippen LogP contribution is 2.23. The molecule has 0 unspecified atom stereocenters. The molecule has 3 nitrogen and oxygen atoms in total. The molecular formula is C11H8ClNO2. The highest BCUT2D eigenvalue weighted by Gasteiger charge is 2.15. The van der Waals surface area contributed by atoms with Gasteiger partial charge < -0.3 is 4.98 Å². The maximum absolute atomic E-state index is 11.1. The fraction of sp³-hybridized carbons (Fsp3) is 0.0909. The maximum Gasteiger partial charge on any atom is 0.269 e. The topological polar surface area (TPSA) is 49.9 Å². The smallest absolute Gasteiger partial charge is 0.269 e. The number of carbonyl (C=O) groups excluding carboxylic acids is 2. The molecule has 0 aliphatic heterocycles. The number of fused-ring (bicyclic) bond motifs is 1. The number of hydrogen-bond acceptors (Lipinski definition) is 2. The summed E-state index contributed by atoms with van der Waals surface area (Å²) in [6.07, 6.45) is 0.647. The number of halogens is 1. The maximum atomic E-state index is 11.1. The highest BCUT2D eigenvalue weighted by molar-refractivity contribution is 6.68. The molecule has 0 spiro atoms. The molecular weight excluding hydrogens is 214 g/mol. The van der Waals surface area contributed by atoms with Crippen molar-refractivity contribution in [3.8, 4) is 0 Å². The number of carbonyl (C=O) groups is 2. The normalized spacial score (nSPS) is 10.5. The zero-order chi connectivity index (χ0) is 11.0. The van der Waals surface area contributed by atoms with Gasteiger partial charge in [0.2, 0.25) is 0 Å². The molecule has 0 amide bonds. The Labute approximate surface area is 91.0 Å². The van der Waals surface area contributed by atoms with Gasteiger partial charge >= 0.3 is 0 Å². The van der Waals surface area contributed by atoms with Crippen molar-refractivity contribution in [3.05, 3.63) is 35.0 Å². The van der Waals surface area contributed by atoms with E-state index >= 15 is 0 Å². The number of aromatic amines is 1. The summed E-state index contributed by atoms with van der Waals surface area (Å²) in [6.45, 7) is 1.92. The first-order chi connectivity index (χ1) is 7.13. The average molecular weight is 222 g/mol. The molecule has 0 bridgehead atoms. The number of H-pyrrole nitrogens is 1. The third-order valence-electron chi connectivity index (χ3n) is 2.31. The van der Waals surface area contributed by atoms with Gasteiger partial charge in [-0.1, -0.05) is 11.6 Å². The Hall–Kier alpha value is -1.61. The fourth-order valence-electron chi connectivity index (χ4n) is 1.60. The molecule has 0 atom stereocenters. The number of aldehydes is 1. The van der Waals surface area contributed by atoms with Gasteiger partial charge in [0.05, 0.1) is 5.56 Å². The number of rotatable bonds is 2. The number of benzene rings is 1. The Morgan fingerprint density at radius 2 is 2.20 bits per heavy atom. The summed E-state index contributed by atoms with van der Waals surface area (Å²) in [5.41, 5.74) is 2.26. The molecule has 2 aromatic rings. The molecule has 76 valence electrons. The first kappa shape index (κ1) is 9.93. The van der Waals surface area contributed by atoms with E-state index in [2.05, 4.69) is 4.98 Å². The second-order valence-corrected chi connectivity index (χ2v) is 3.70. The molecule has 0 fully saturated rings. The van der Waals surface area contributed by atoms with E-state index in [9.17, 15) is 9.59 Å². The molecule has 15 heavy (non-hydrogen) atoms. The summed E-state index contributed by atoms with van der Waals surface area (Å²) in [5.74, 6) is 0. The molecule has 0 saturated carbocycles. The van der Waals surface area contributed by atoms with E-state index < -0.39 is 5.24 Å². The van der Waals surface area contributed by atoms with Gasteiger partial charge in [-0.3, -0.25) is 9.59 Å². The van der Waals surface area contributed by atoms with E-state index in [-0.39, 0.29) is 5.69 Å². The third-order valence-corrected chi connectivity index (χ3v) is 2.50. The molecule has 0 radical (unpaired) electrons. The van der Waals surface area contributed by atoms with Crippen molar-refractivity contribution in [2.45, 2.75) is 6.92 Å². The van der Waals surface area contributed by atoms with E-state index in [0.29, 0.717) is 11.8 Å². The standard InChI is InChI=1S/C11H8ClNO2/c1-6-2-3-9-7(4-6)8(5-14)10(13-9)11(12)15/h2-5,13H,1H3. The summed E-state index contributed by atoms with van der Waals surface area (Å²) >= 11 is 5.37. The van der Waals surface area contributed by atoms with Gasteiger partial charge in [0.25, 0.3) is 5.24 Å². The van der Waals surface area contributed by atoms with Gasteiger partial charge in [0, 0.05) is 10.9 Å². The summed E-state index contributed by atoms with van der Waals surface area (Å²) in [7, 11) is 0. The summed E-state index contributed by atoms with van der Waals surface area (Å²) < 4.78 is 0. The molecule has 1 heterocycles. The second-order valence-electron chi connectivity index (χ2n) is 3.35. The molecule has 2 rings (SSSR count). The molecule has 1 N–H and O–H groups in total. The van der Waals surface area contributed by atoms with Crippen LogP contribution in [0.1, 0.15) is 26.4 Å². The highest BCUT2D eigenvalue weighted by atomic mass is 35.5. The van der Waals surface area contributed by atoms with Gasteiger partial charge in [-0.2, -0.15) is 0 Å². The van der Waals surface area contributed by atoms with Crippen LogP contribution < -0.4 is 0 Å². The van der Waals surface area contributed by atoms with Crippen molar-refractivity contribution in [1.29, 1.82) is 0 Å². The van der Waals surface area contributed by atoms with E-state index in [0.717, 1.165) is 16.5 Å². The SMILES string of the molecule is Cc1ccc2[nH]c(C(=O)Cl)c(C=O)c2c1. The first-order valence-corrected chi connectivity index (χ1v) is 4.78. The number of aryl methyl sites for hydroxylation is 1. The summed E-state index contributed by atoms with van der Waals surface area (Å²) in [5, 5.41) is 0.0833. The minimum atomic E-state index is -0.647. The molecule has 4 heteroatoms. The summed E-state index contributed by atoms with van der Waals surface area (Å²) in [6, 6.07) is 5.57. The van der Waals surface area contributed by atoms with E-state index in [1.165, 1.54) is 0 Å². The summed E-state index contributed by atoms with van der Waals surface area (Å²) in [4.78, 5) is 24.8. The molecule has 1 aromatic heterocycles. The zero-order valence-corrected chi connectivity index (χ0v) is 8.76. The number of hydrogen-bond donors (Lipinski definition) is 1. The minimum absolute atomic E-state index is 0.160. The van der Waals surface area contributed by atoms with Crippen molar-refractivity contribution in [1.82, 2.24) is 4.98 Å². The minimum Gasteiger partial charge on any atom is -0.350 e. The van der Waals surface area contributed by atoms with Gasteiger partial charge in [-0.25, -0.2) is 0 Å². The Morgan fingerprint density at radius 3 is 2.80 bits per heavy atom. The van der Waals surface area contributed by atoms with Crippen LogP contribution in [0.3, 0.4) is 0 Å². The van der Waals surface area contributed by atoms with Gasteiger partial charge in [0.1, 0.15) is 5.69 Å². The van der Waals surface area contributed by atoms with Gasteiger partial charge in [-0.05, 0) is 30.7 Å². The molecule has 1 aromatic carbocycles. The average Bonchev–Trinajstić information content (AvgIpc) is 2.55. The monoisotopic (exact) mass is 221 g/mol. The van der Waals surface area contributed by atoms with Gasteiger partial charge in [-0.15, -0.1) is 0 Å². The van der Waals surface area contributed by atoms with Crippen molar-refractivity contribution >= 4 is 34.0 Å². The fourth-order valence-corrected chi connectivity index (χ4v) is 1.75. The Bertz CT molecular complexity index is 557. The zero-order valence-electron chi connectivity index (χ0n) is 8.00. The predicted molar refractivity (Wildman–Crippen MR) is 58.6 cm³/mol. The van der Waals surface area contributed by atoms with Crippen LogP contribution in [0.25, 0.3) is 10.9 Å². The Morgan fingerprint density at radius 1 is 1.47 bits per heavy atom. The van der Waals surface area contributed by atoms with Crippen LogP contribution in [-0.4, -0.2) is 16.5 Å². The van der Waals surface area contributed by atoms with Crippen molar-refractivity contribution in [3.63, 3.8) is 0 Å². The lowest BCUT2D eigenvalue weighted by molar-refractivity contribution is 0.106. The molecule has 0 saturated heterocycles. The van der Waals surface area contributed by atoms with Crippen LogP contribution in [0.2, 0.25) is 0 Å². The van der Waals surface area contributed by atoms with Crippen LogP contribution >= 0.6 is 11.6 Å².